The van der Waals surface area contributed by atoms with Crippen LogP contribution in [-0.4, -0.2) is 30.7 Å². The van der Waals surface area contributed by atoms with Crippen molar-refractivity contribution < 1.29 is 19.1 Å². The summed E-state index contributed by atoms with van der Waals surface area (Å²) in [6.45, 7) is 0.749. The molecule has 0 radical (unpaired) electrons. The van der Waals surface area contributed by atoms with E-state index in [0.29, 0.717) is 36.7 Å². The van der Waals surface area contributed by atoms with Crippen molar-refractivity contribution in [2.24, 2.45) is 0 Å². The van der Waals surface area contributed by atoms with Gasteiger partial charge in [0, 0.05) is 18.7 Å². The van der Waals surface area contributed by atoms with Crippen molar-refractivity contribution >= 4 is 12.2 Å². The molecule has 0 heterocycles. The predicted octanol–water partition coefficient (Wildman–Crippen LogP) is 4.12. The molecule has 0 bridgehead atoms. The van der Waals surface area contributed by atoms with Crippen LogP contribution in [0.25, 0.3) is 0 Å². The van der Waals surface area contributed by atoms with Crippen molar-refractivity contribution in [3.63, 3.8) is 0 Å². The van der Waals surface area contributed by atoms with Crippen LogP contribution in [0.2, 0.25) is 0 Å². The largest absolute Gasteiger partial charge is 0.489 e. The Morgan fingerprint density at radius 3 is 1.76 bits per heavy atom. The van der Waals surface area contributed by atoms with Gasteiger partial charge in [0.05, 0.1) is 6.54 Å². The van der Waals surface area contributed by atoms with E-state index < -0.39 is 0 Å². The van der Waals surface area contributed by atoms with Gasteiger partial charge in [-0.25, -0.2) is 0 Å². The number of Topliss-reactive ketones (excluding diaryl/α,β-unsaturated/α-hetero) is 1. The molecule has 0 aliphatic rings. The first-order valence-electron chi connectivity index (χ1n) is 9.31. The molecule has 0 N–H and O–H groups in total. The van der Waals surface area contributed by atoms with E-state index in [2.05, 4.69) is 0 Å². The minimum absolute atomic E-state index is 0.0102. The maximum atomic E-state index is 12.6. The predicted molar refractivity (Wildman–Crippen MR) is 111 cm³/mol. The number of nitrogens with zero attached hydrogens (tertiary/aromatic N) is 1. The van der Waals surface area contributed by atoms with Gasteiger partial charge in [-0.3, -0.25) is 9.59 Å². The van der Waals surface area contributed by atoms with Crippen LogP contribution in [0, 0.1) is 0 Å². The molecule has 0 unspecified atom stereocenters. The molecular formula is C24H23NO4. The first-order valence-corrected chi connectivity index (χ1v) is 9.31. The molecule has 0 saturated heterocycles. The number of amides is 1. The lowest BCUT2D eigenvalue weighted by Gasteiger charge is -2.14. The van der Waals surface area contributed by atoms with E-state index in [4.69, 9.17) is 9.47 Å². The molecule has 0 saturated carbocycles. The zero-order valence-electron chi connectivity index (χ0n) is 16.3. The summed E-state index contributed by atoms with van der Waals surface area (Å²) < 4.78 is 11.8. The Bertz CT molecular complexity index is 880. The van der Waals surface area contributed by atoms with Gasteiger partial charge in [-0.2, -0.15) is 0 Å². The van der Waals surface area contributed by atoms with Crippen LogP contribution in [-0.2, 0) is 18.0 Å². The number of ketones is 1. The highest BCUT2D eigenvalue weighted by molar-refractivity contribution is 5.99. The van der Waals surface area contributed by atoms with E-state index in [1.54, 1.807) is 25.2 Å². The molecule has 1 amide bonds. The average Bonchev–Trinajstić information content (AvgIpc) is 2.77. The maximum absolute atomic E-state index is 12.6. The van der Waals surface area contributed by atoms with Crippen LogP contribution in [0.4, 0.5) is 0 Å². The number of carbonyl (C=O) groups is 2. The van der Waals surface area contributed by atoms with E-state index in [1.807, 2.05) is 60.7 Å². The summed E-state index contributed by atoms with van der Waals surface area (Å²) in [4.78, 5) is 24.7. The zero-order valence-corrected chi connectivity index (χ0v) is 16.3. The summed E-state index contributed by atoms with van der Waals surface area (Å²) in [7, 11) is 1.56. The second-order valence-corrected chi connectivity index (χ2v) is 6.69. The third-order valence-electron chi connectivity index (χ3n) is 4.27. The molecule has 29 heavy (non-hydrogen) atoms. The Morgan fingerprint density at radius 1 is 0.828 bits per heavy atom. The monoisotopic (exact) mass is 389 g/mol. The third-order valence-corrected chi connectivity index (χ3v) is 4.27. The molecule has 3 aromatic rings. The molecule has 0 spiro atoms. The number of carbonyl (C=O) groups excluding carboxylic acids is 2. The molecule has 0 aliphatic heterocycles. The second kappa shape index (κ2) is 10.1. The topological polar surface area (TPSA) is 55.8 Å². The van der Waals surface area contributed by atoms with E-state index in [-0.39, 0.29) is 12.3 Å². The van der Waals surface area contributed by atoms with Gasteiger partial charge >= 0.3 is 0 Å². The molecule has 5 nitrogen and oxygen atoms in total. The van der Waals surface area contributed by atoms with Crippen LogP contribution in [0.5, 0.6) is 11.5 Å². The molecule has 0 fully saturated rings. The number of hydrogen-bond acceptors (Lipinski definition) is 4. The summed E-state index contributed by atoms with van der Waals surface area (Å²) in [5.74, 6) is 0.891. The minimum atomic E-state index is -0.186. The van der Waals surface area contributed by atoms with E-state index in [0.717, 1.165) is 11.1 Å². The summed E-state index contributed by atoms with van der Waals surface area (Å²) in [6, 6.07) is 24.7. The quantitative estimate of drug-likeness (QED) is 0.387. The lowest BCUT2D eigenvalue weighted by atomic mass is 10.1. The van der Waals surface area contributed by atoms with Gasteiger partial charge in [-0.1, -0.05) is 60.7 Å². The summed E-state index contributed by atoms with van der Waals surface area (Å²) in [5, 5.41) is 0. The molecule has 5 heteroatoms. The van der Waals surface area contributed by atoms with Gasteiger partial charge in [0.15, 0.2) is 5.78 Å². The van der Waals surface area contributed by atoms with Crippen molar-refractivity contribution in [1.82, 2.24) is 4.90 Å². The van der Waals surface area contributed by atoms with Gasteiger partial charge in [0.25, 0.3) is 0 Å². The third kappa shape index (κ3) is 6.21. The Hall–Kier alpha value is -3.60. The number of benzene rings is 3. The Morgan fingerprint density at radius 2 is 1.31 bits per heavy atom. The van der Waals surface area contributed by atoms with E-state index >= 15 is 0 Å². The molecule has 3 aromatic carbocycles. The van der Waals surface area contributed by atoms with E-state index in [1.165, 1.54) is 4.90 Å². The molecule has 148 valence electrons. The van der Waals surface area contributed by atoms with Crippen molar-refractivity contribution in [1.29, 1.82) is 0 Å². The smallest absolute Gasteiger partial charge is 0.209 e. The molecule has 0 atom stereocenters. The second-order valence-electron chi connectivity index (χ2n) is 6.69. The summed E-state index contributed by atoms with van der Waals surface area (Å²) in [6.07, 6.45) is 0.625. The van der Waals surface area contributed by atoms with Crippen molar-refractivity contribution in [2.75, 3.05) is 13.6 Å². The zero-order chi connectivity index (χ0) is 20.5. The molecule has 0 aromatic heterocycles. The lowest BCUT2D eigenvalue weighted by molar-refractivity contribution is -0.116. The normalized spacial score (nSPS) is 10.2. The highest BCUT2D eigenvalue weighted by atomic mass is 16.5. The van der Waals surface area contributed by atoms with Crippen molar-refractivity contribution in [3.8, 4) is 11.5 Å². The fraction of sp³-hybridized carbons (Fsp3) is 0.167. The number of ether oxygens (including phenoxy) is 2. The van der Waals surface area contributed by atoms with Gasteiger partial charge in [-0.15, -0.1) is 0 Å². The first-order chi connectivity index (χ1) is 14.1. The standard InChI is InChI=1S/C24H23NO4/c1-25(18-26)15-24(27)21-12-22(28-16-19-8-4-2-5-9-19)14-23(13-21)29-17-20-10-6-3-7-11-20/h2-14,18H,15-17H2,1H3. The van der Waals surface area contributed by atoms with Crippen LogP contribution < -0.4 is 9.47 Å². The van der Waals surface area contributed by atoms with Crippen molar-refractivity contribution in [3.05, 3.63) is 95.6 Å². The fourth-order valence-electron chi connectivity index (χ4n) is 2.74. The number of rotatable bonds is 10. The van der Waals surface area contributed by atoms with Crippen LogP contribution in [0.15, 0.2) is 78.9 Å². The van der Waals surface area contributed by atoms with Crippen molar-refractivity contribution in [2.45, 2.75) is 13.2 Å². The van der Waals surface area contributed by atoms with Gasteiger partial charge in [0.2, 0.25) is 6.41 Å². The van der Waals surface area contributed by atoms with Gasteiger partial charge in [0.1, 0.15) is 24.7 Å². The fourth-order valence-corrected chi connectivity index (χ4v) is 2.74. The molecule has 0 aliphatic carbocycles. The highest BCUT2D eigenvalue weighted by Gasteiger charge is 2.13. The molecular weight excluding hydrogens is 366 g/mol. The summed E-state index contributed by atoms with van der Waals surface area (Å²) >= 11 is 0. The minimum Gasteiger partial charge on any atom is -0.489 e. The average molecular weight is 389 g/mol. The van der Waals surface area contributed by atoms with Gasteiger partial charge < -0.3 is 14.4 Å². The maximum Gasteiger partial charge on any atom is 0.209 e. The molecule has 3 rings (SSSR count). The Kier molecular flexibility index (Phi) is 7.00. The summed E-state index contributed by atoms with van der Waals surface area (Å²) in [5.41, 5.74) is 2.49. The van der Waals surface area contributed by atoms with Crippen LogP contribution in [0.3, 0.4) is 0 Å². The first kappa shape index (κ1) is 20.1. The Labute approximate surface area is 170 Å². The highest BCUT2D eigenvalue weighted by Crippen LogP contribution is 2.25. The van der Waals surface area contributed by atoms with Crippen LogP contribution in [0.1, 0.15) is 21.5 Å². The van der Waals surface area contributed by atoms with E-state index in [9.17, 15) is 9.59 Å². The SMILES string of the molecule is CN(C=O)CC(=O)c1cc(OCc2ccccc2)cc(OCc2ccccc2)c1. The van der Waals surface area contributed by atoms with Crippen LogP contribution >= 0.6 is 0 Å². The Balaban J connectivity index is 1.78. The van der Waals surface area contributed by atoms with Gasteiger partial charge in [-0.05, 0) is 23.3 Å². The number of hydrogen-bond donors (Lipinski definition) is 0. The number of likely N-dealkylation sites (N-methyl/N-ethyl adjacent to an activating group) is 1. The lowest BCUT2D eigenvalue weighted by Crippen LogP contribution is -2.24.